The van der Waals surface area contributed by atoms with E-state index in [-0.39, 0.29) is 88.7 Å². The van der Waals surface area contributed by atoms with Crippen molar-refractivity contribution in [2.24, 2.45) is 134 Å². The Hall–Kier alpha value is -4.43. The second kappa shape index (κ2) is 20.8. The monoisotopic (exact) mass is 1230 g/mol. The standard InChI is InChI=1S/C18H24FN3O.C18H25N3O2.2C18H25N3O/c1-21-14-4-12-3-13(12)22(14)16(23)15(20)17-5-10-2-11(6-17)8-18(19,7-10)9-17;1-20-14-4-12-3-13(12)21(14)16(22)15(19)17-5-10-2-11(6-17)8-18(23,7-10)9-17;1-20-15-6-13-5-14(13)21(15)17(22)16(19)18-7-10-2-11(8-18)4-12(3-10)9-18;1-20-15-8-11-7-14(11)21(15)18(22)17(19)16-12-3-9-2-10(5-12)6-13(16)4-9/h10-15H,2-9,20H2;10-15,23H,2-9,19H2;10-16H,2-9,19H2;9-17H,2-8,19H2/t2*10?,11?,12-,13?,14-,15+,17?,18?;10?,11?,12?,13-,14?,15-,16+,18?;9?,10?,11-,12?,13?,14?,15-,16?,17?/m0000/s1. The minimum atomic E-state index is -1.09. The highest BCUT2D eigenvalue weighted by Crippen LogP contribution is 2.67. The number of likely N-dealkylation sites (tertiary alicyclic amines) is 4. The van der Waals surface area contributed by atoms with Crippen molar-refractivity contribution in [3.05, 3.63) is 45.7 Å². The Morgan fingerprint density at radius 1 is 0.367 bits per heavy atom. The minimum absolute atomic E-state index is 0.0125. The van der Waals surface area contributed by atoms with Gasteiger partial charge in [-0.15, -0.1) is 0 Å². The lowest BCUT2D eigenvalue weighted by Gasteiger charge is -2.61. The molecule has 24 fully saturated rings. The molecule has 4 amide bonds. The number of halogens is 1. The molecule has 0 aromatic rings. The quantitative estimate of drug-likeness (QED) is 0.147. The molecule has 0 spiro atoms. The fourth-order valence-electron chi connectivity index (χ4n) is 27.4. The van der Waals surface area contributed by atoms with Crippen LogP contribution in [0.15, 0.2) is 0 Å². The Kier molecular flexibility index (Phi) is 13.7. The Bertz CT molecular complexity index is 2970. The molecule has 0 aromatic heterocycles. The van der Waals surface area contributed by atoms with Crippen molar-refractivity contribution in [3.63, 3.8) is 0 Å². The van der Waals surface area contributed by atoms with Crippen LogP contribution in [0.1, 0.15) is 199 Å². The van der Waals surface area contributed by atoms with Crippen LogP contribution < -0.4 is 22.9 Å². The van der Waals surface area contributed by atoms with Gasteiger partial charge in [0.15, 0.2) is 0 Å². The van der Waals surface area contributed by atoms with Crippen LogP contribution in [-0.2, 0) is 19.2 Å². The van der Waals surface area contributed by atoms with Crippen molar-refractivity contribution in [2.75, 3.05) is 0 Å². The third kappa shape index (κ3) is 9.53. The molecule has 4 aliphatic heterocycles. The van der Waals surface area contributed by atoms with Crippen molar-refractivity contribution in [1.82, 2.24) is 19.6 Å². The third-order valence-corrected chi connectivity index (χ3v) is 29.9. The molecule has 16 bridgehead atoms. The summed E-state index contributed by atoms with van der Waals surface area (Å²) in [5, 5.41) is 10.9. The lowest BCUT2D eigenvalue weighted by Crippen LogP contribution is -2.64. The SMILES string of the molecule is [C-]#[N+][C@@H]1C[C@@H]2CC2N1C(=O)C(N)C1C2CC3CC(C2)CC1C3.[C-]#[N+][C@@H]1C[C@@H]2CC2N1C(=O)[C@@H](N)C12CC3CC(CC(C3)C1)C2.[C-]#[N+][C@@H]1C[C@@H]2CC2N1C(=O)[C@@H](N)C12CC3CC(CC(F)(C3)C1)C2.[C-]#[N+][C@@H]1C[C@@H]2CC2N1C(=O)[C@@H](N)C12CC3CC(CC(O)(C3)C1)C2. The number of aliphatic hydroxyl groups is 1. The summed E-state index contributed by atoms with van der Waals surface area (Å²) >= 11 is 0. The highest BCUT2D eigenvalue weighted by molar-refractivity contribution is 5.86. The Labute approximate surface area is 532 Å². The smallest absolute Gasteiger partial charge is 0.301 e. The summed E-state index contributed by atoms with van der Waals surface area (Å²) in [5.41, 5.74) is 24.0. The first-order valence-corrected chi connectivity index (χ1v) is 36.3. The molecule has 90 heavy (non-hydrogen) atoms. The van der Waals surface area contributed by atoms with Crippen LogP contribution >= 0.6 is 0 Å². The predicted octanol–water partition coefficient (Wildman–Crippen LogP) is 8.65. The molecular formula is C72H99FN12O5. The van der Waals surface area contributed by atoms with E-state index in [4.69, 9.17) is 49.2 Å². The van der Waals surface area contributed by atoms with Crippen LogP contribution in [0.25, 0.3) is 19.4 Å². The van der Waals surface area contributed by atoms with E-state index in [1.807, 2.05) is 14.7 Å². The summed E-state index contributed by atoms with van der Waals surface area (Å²) in [4.78, 5) is 74.5. The van der Waals surface area contributed by atoms with E-state index in [0.29, 0.717) is 103 Å². The van der Waals surface area contributed by atoms with Gasteiger partial charge in [0.05, 0.1) is 29.8 Å². The molecule has 4 heterocycles. The average molecular weight is 1230 g/mol. The van der Waals surface area contributed by atoms with Gasteiger partial charge in [-0.25, -0.2) is 30.7 Å². The second-order valence-corrected chi connectivity index (χ2v) is 35.9. The Morgan fingerprint density at radius 3 is 1.01 bits per heavy atom. The van der Waals surface area contributed by atoms with E-state index in [2.05, 4.69) is 19.4 Å². The molecule has 17 nitrogen and oxygen atoms in total. The number of fused-ring (bicyclic) bond motifs is 4. The molecule has 18 heteroatoms. The van der Waals surface area contributed by atoms with Crippen molar-refractivity contribution < 1.29 is 28.7 Å². The number of rotatable bonds is 8. The molecule has 20 aliphatic carbocycles. The van der Waals surface area contributed by atoms with Gasteiger partial charge in [-0.1, -0.05) is 0 Å². The van der Waals surface area contributed by atoms with E-state index in [9.17, 15) is 24.3 Å². The van der Waals surface area contributed by atoms with Crippen molar-refractivity contribution in [3.8, 4) is 0 Å². The van der Waals surface area contributed by atoms with Gasteiger partial charge in [-0.2, -0.15) is 0 Å². The number of hydrogen-bond donors (Lipinski definition) is 5. The minimum Gasteiger partial charge on any atom is -0.390 e. The normalized spacial score (nSPS) is 53.0. The molecular weight excluding hydrogens is 1130 g/mol. The summed E-state index contributed by atoms with van der Waals surface area (Å²) in [5.74, 6) is 10.2. The maximum atomic E-state index is 15.1. The second-order valence-electron chi connectivity index (χ2n) is 35.9. The number of piperidine rings is 4. The molecule has 24 rings (SSSR count). The Balaban J connectivity index is 0.0000000925. The largest absolute Gasteiger partial charge is 0.390 e. The van der Waals surface area contributed by atoms with Crippen molar-refractivity contribution in [1.29, 1.82) is 0 Å². The van der Waals surface area contributed by atoms with E-state index in [0.717, 1.165) is 145 Å². The zero-order chi connectivity index (χ0) is 62.0. The number of nitrogens with zero attached hydrogens (tertiary/aromatic N) is 8. The lowest BCUT2D eigenvalue weighted by molar-refractivity contribution is -0.177. The van der Waals surface area contributed by atoms with E-state index in [1.165, 1.54) is 57.8 Å². The summed E-state index contributed by atoms with van der Waals surface area (Å²) in [6.45, 7) is 29.5. The highest BCUT2D eigenvalue weighted by Gasteiger charge is 2.68. The van der Waals surface area contributed by atoms with Gasteiger partial charge >= 0.3 is 24.7 Å². The molecule has 0 aromatic carbocycles. The van der Waals surface area contributed by atoms with Gasteiger partial charge in [-0.3, -0.25) is 58.2 Å². The third-order valence-electron chi connectivity index (χ3n) is 29.9. The van der Waals surface area contributed by atoms with Crippen LogP contribution in [0.4, 0.5) is 4.39 Å². The van der Waals surface area contributed by atoms with Gasteiger partial charge in [-0.05, 0) is 284 Å². The number of hydrogen-bond acceptors (Lipinski definition) is 9. The molecule has 9 unspecified atom stereocenters. The zero-order valence-corrected chi connectivity index (χ0v) is 52.9. The first-order chi connectivity index (χ1) is 43.1. The number of alkyl halides is 1. The zero-order valence-electron chi connectivity index (χ0n) is 52.9. The number of carbonyl (C=O) groups excluding carboxylic acids is 4. The van der Waals surface area contributed by atoms with Gasteiger partial charge in [0, 0.05) is 49.9 Å². The molecule has 20 atom stereocenters. The van der Waals surface area contributed by atoms with E-state index in [1.54, 1.807) is 4.90 Å². The maximum absolute atomic E-state index is 15.1. The molecule has 24 aliphatic rings. The summed E-state index contributed by atoms with van der Waals surface area (Å²) in [7, 11) is 0. The first kappa shape index (κ1) is 59.3. The topological polar surface area (TPSA) is 223 Å². The predicted molar refractivity (Wildman–Crippen MR) is 331 cm³/mol. The molecule has 0 radical (unpaired) electrons. The number of amides is 4. The van der Waals surface area contributed by atoms with Crippen molar-refractivity contribution >= 4 is 23.6 Å². The fourth-order valence-corrected chi connectivity index (χ4v) is 27.4. The molecule has 20 saturated carbocycles. The van der Waals surface area contributed by atoms with Gasteiger partial charge in [0.25, 0.3) is 0 Å². The summed E-state index contributed by atoms with van der Waals surface area (Å²) < 4.78 is 15.1. The number of nitrogens with two attached hydrogens (primary N) is 4. The van der Waals surface area contributed by atoms with Gasteiger partial charge in [0.1, 0.15) is 5.67 Å². The van der Waals surface area contributed by atoms with Crippen molar-refractivity contribution in [2.45, 2.75) is 283 Å². The van der Waals surface area contributed by atoms with E-state index >= 15 is 4.39 Å². The van der Waals surface area contributed by atoms with Gasteiger partial charge in [0.2, 0.25) is 23.6 Å². The Morgan fingerprint density at radius 2 is 0.667 bits per heavy atom. The molecule has 4 saturated heterocycles. The summed E-state index contributed by atoms with van der Waals surface area (Å²) in [6, 6.07) is -0.676. The highest BCUT2D eigenvalue weighted by atomic mass is 19.1. The maximum Gasteiger partial charge on any atom is 0.301 e. The van der Waals surface area contributed by atoms with E-state index < -0.39 is 23.4 Å². The first-order valence-electron chi connectivity index (χ1n) is 36.3. The van der Waals surface area contributed by atoms with Crippen LogP contribution in [0.3, 0.4) is 0 Å². The summed E-state index contributed by atoms with van der Waals surface area (Å²) in [6.07, 6.45) is 31.2. The molecule has 484 valence electrons. The molecule has 9 N–H and O–H groups in total. The van der Waals surface area contributed by atoms with Gasteiger partial charge < -0.3 is 28.0 Å². The van der Waals surface area contributed by atoms with Crippen LogP contribution in [0.5, 0.6) is 0 Å². The number of carbonyl (C=O) groups is 4. The lowest BCUT2D eigenvalue weighted by atomic mass is 9.46. The fraction of sp³-hybridized carbons (Fsp3) is 0.889. The average Bonchev–Trinajstić information content (AvgIpc) is 0.981. The van der Waals surface area contributed by atoms with Crippen LogP contribution in [0.2, 0.25) is 0 Å². The van der Waals surface area contributed by atoms with Crippen LogP contribution in [0, 0.1) is 137 Å². The van der Waals surface area contributed by atoms with Crippen LogP contribution in [-0.4, -0.2) is 133 Å².